The lowest BCUT2D eigenvalue weighted by atomic mass is 9.89. The number of nitrogens with one attached hydrogen (secondary N) is 2. The lowest BCUT2D eigenvalue weighted by Gasteiger charge is -2.25. The summed E-state index contributed by atoms with van der Waals surface area (Å²) in [6, 6.07) is 13.5. The molecule has 0 atom stereocenters. The summed E-state index contributed by atoms with van der Waals surface area (Å²) in [5.74, 6) is 0.594. The molecule has 1 amide bonds. The van der Waals surface area contributed by atoms with Gasteiger partial charge in [0.25, 0.3) is 5.91 Å². The first-order valence-electron chi connectivity index (χ1n) is 11.4. The zero-order valence-corrected chi connectivity index (χ0v) is 19.0. The van der Waals surface area contributed by atoms with Crippen LogP contribution in [0.5, 0.6) is 0 Å². The van der Waals surface area contributed by atoms with Crippen LogP contribution in [0, 0.1) is 0 Å². The third-order valence-corrected chi connectivity index (χ3v) is 5.93. The Kier molecular flexibility index (Phi) is 7.33. The van der Waals surface area contributed by atoms with E-state index in [-0.39, 0.29) is 11.9 Å². The minimum absolute atomic E-state index is 0.126. The zero-order valence-electron chi connectivity index (χ0n) is 19.0. The number of allylic oxidation sites excluding steroid dienone is 2. The standard InChI is InChI=1S/C26H26F3N5O/c27-26(28,29)20-9-13-24(32-16-20)33-22-3-1-2-18(14-22)5-4-17-6-10-21(11-7-17)34-25(35)19-8-12-23(30)31-15-19/h1-4,8-9,12-16,21H,5-7,10-11H2,(H2,30,31)(H,32,33)(H,34,35). The number of nitrogen functional groups attached to an aromatic ring is 1. The molecule has 2 aromatic heterocycles. The molecule has 4 N–H and O–H groups in total. The van der Waals surface area contributed by atoms with Gasteiger partial charge in [0.05, 0.1) is 11.1 Å². The molecule has 4 rings (SSSR count). The highest BCUT2D eigenvalue weighted by atomic mass is 19.4. The van der Waals surface area contributed by atoms with Crippen molar-refractivity contribution in [2.45, 2.75) is 44.3 Å². The number of pyridine rings is 2. The van der Waals surface area contributed by atoms with E-state index >= 15 is 0 Å². The van der Waals surface area contributed by atoms with Crippen molar-refractivity contribution in [2.24, 2.45) is 0 Å². The van der Waals surface area contributed by atoms with Gasteiger partial charge in [-0.3, -0.25) is 4.79 Å². The lowest BCUT2D eigenvalue weighted by molar-refractivity contribution is -0.137. The molecule has 182 valence electrons. The van der Waals surface area contributed by atoms with E-state index in [9.17, 15) is 18.0 Å². The van der Waals surface area contributed by atoms with Crippen LogP contribution in [0.15, 0.2) is 72.6 Å². The first-order valence-corrected chi connectivity index (χ1v) is 11.4. The fourth-order valence-electron chi connectivity index (χ4n) is 3.97. The molecule has 3 aromatic rings. The maximum atomic E-state index is 12.7. The summed E-state index contributed by atoms with van der Waals surface area (Å²) >= 11 is 0. The number of hydrogen-bond acceptors (Lipinski definition) is 5. The van der Waals surface area contributed by atoms with E-state index in [1.54, 1.807) is 12.1 Å². The molecular weight excluding hydrogens is 455 g/mol. The van der Waals surface area contributed by atoms with Gasteiger partial charge in [0.15, 0.2) is 0 Å². The molecule has 0 aliphatic heterocycles. The van der Waals surface area contributed by atoms with Gasteiger partial charge in [-0.2, -0.15) is 13.2 Å². The highest BCUT2D eigenvalue weighted by Crippen LogP contribution is 2.29. The predicted octanol–water partition coefficient (Wildman–Crippen LogP) is 5.66. The minimum atomic E-state index is -4.40. The van der Waals surface area contributed by atoms with Crippen LogP contribution in [0.1, 0.15) is 47.2 Å². The van der Waals surface area contributed by atoms with Gasteiger partial charge < -0.3 is 16.4 Å². The second-order valence-corrected chi connectivity index (χ2v) is 8.54. The van der Waals surface area contributed by atoms with Gasteiger partial charge >= 0.3 is 6.18 Å². The molecule has 1 aromatic carbocycles. The van der Waals surface area contributed by atoms with Crippen LogP contribution in [0.3, 0.4) is 0 Å². The molecule has 0 saturated heterocycles. The number of carbonyl (C=O) groups is 1. The van der Waals surface area contributed by atoms with Gasteiger partial charge in [-0.1, -0.05) is 23.8 Å². The molecule has 1 saturated carbocycles. The number of amides is 1. The number of aromatic nitrogens is 2. The van der Waals surface area contributed by atoms with Crippen LogP contribution in [-0.2, 0) is 12.6 Å². The minimum Gasteiger partial charge on any atom is -0.384 e. The summed E-state index contributed by atoms with van der Waals surface area (Å²) in [5.41, 5.74) is 8.49. The number of nitrogens with zero attached hydrogens (tertiary/aromatic N) is 2. The Morgan fingerprint density at radius 1 is 1.06 bits per heavy atom. The van der Waals surface area contributed by atoms with E-state index in [2.05, 4.69) is 26.7 Å². The van der Waals surface area contributed by atoms with E-state index in [0.717, 1.165) is 55.6 Å². The molecule has 1 aliphatic carbocycles. The number of anilines is 3. The molecule has 0 spiro atoms. The number of benzene rings is 1. The Bertz CT molecular complexity index is 1180. The highest BCUT2D eigenvalue weighted by molar-refractivity contribution is 5.94. The summed E-state index contributed by atoms with van der Waals surface area (Å²) in [4.78, 5) is 20.2. The maximum Gasteiger partial charge on any atom is 0.417 e. The number of rotatable bonds is 6. The van der Waals surface area contributed by atoms with Crippen molar-refractivity contribution in [3.8, 4) is 0 Å². The molecule has 1 fully saturated rings. The van der Waals surface area contributed by atoms with Crippen molar-refractivity contribution in [3.05, 3.63) is 89.3 Å². The Morgan fingerprint density at radius 3 is 2.51 bits per heavy atom. The first-order chi connectivity index (χ1) is 16.8. The number of hydrogen-bond donors (Lipinski definition) is 3. The third kappa shape index (κ3) is 6.81. The SMILES string of the molecule is Nc1ccc(C(=O)NC2CCC(=CCc3cccc(Nc4ccc(C(F)(F)F)cn4)c3)CC2)cn1. The summed E-state index contributed by atoms with van der Waals surface area (Å²) in [7, 11) is 0. The van der Waals surface area contributed by atoms with Gasteiger partial charge in [0.1, 0.15) is 11.6 Å². The van der Waals surface area contributed by atoms with Gasteiger partial charge in [0, 0.05) is 24.1 Å². The van der Waals surface area contributed by atoms with Crippen LogP contribution in [0.2, 0.25) is 0 Å². The smallest absolute Gasteiger partial charge is 0.384 e. The molecule has 0 radical (unpaired) electrons. The van der Waals surface area contributed by atoms with Crippen molar-refractivity contribution in [2.75, 3.05) is 11.1 Å². The van der Waals surface area contributed by atoms with Crippen LogP contribution < -0.4 is 16.4 Å². The fourth-order valence-corrected chi connectivity index (χ4v) is 3.97. The fraction of sp³-hybridized carbons (Fsp3) is 0.269. The summed E-state index contributed by atoms with van der Waals surface area (Å²) < 4.78 is 38.1. The van der Waals surface area contributed by atoms with Crippen molar-refractivity contribution in [1.29, 1.82) is 0 Å². The normalized spacial score (nSPS) is 16.0. The molecule has 2 heterocycles. The molecule has 1 aliphatic rings. The van der Waals surface area contributed by atoms with E-state index in [1.165, 1.54) is 17.8 Å². The van der Waals surface area contributed by atoms with Crippen molar-refractivity contribution in [1.82, 2.24) is 15.3 Å². The Balaban J connectivity index is 1.28. The van der Waals surface area contributed by atoms with Crippen LogP contribution in [0.25, 0.3) is 0 Å². The summed E-state index contributed by atoms with van der Waals surface area (Å²) in [5, 5.41) is 6.12. The first kappa shape index (κ1) is 24.3. The van der Waals surface area contributed by atoms with Crippen molar-refractivity contribution in [3.63, 3.8) is 0 Å². The monoisotopic (exact) mass is 481 g/mol. The molecule has 9 heteroatoms. The second kappa shape index (κ2) is 10.6. The number of nitrogens with two attached hydrogens (primary N) is 1. The van der Waals surface area contributed by atoms with E-state index in [4.69, 9.17) is 5.73 Å². The Morgan fingerprint density at radius 2 is 1.86 bits per heavy atom. The maximum absolute atomic E-state index is 12.7. The highest BCUT2D eigenvalue weighted by Gasteiger charge is 2.30. The van der Waals surface area contributed by atoms with E-state index < -0.39 is 11.7 Å². The van der Waals surface area contributed by atoms with Crippen molar-refractivity contribution >= 4 is 23.2 Å². The lowest BCUT2D eigenvalue weighted by Crippen LogP contribution is -2.36. The van der Waals surface area contributed by atoms with Gasteiger partial charge in [-0.25, -0.2) is 9.97 Å². The number of alkyl halides is 3. The van der Waals surface area contributed by atoms with Gasteiger partial charge in [-0.05, 0) is 74.1 Å². The van der Waals surface area contributed by atoms with E-state index in [1.807, 2.05) is 24.3 Å². The quantitative estimate of drug-likeness (QED) is 0.395. The zero-order chi connectivity index (χ0) is 24.8. The van der Waals surface area contributed by atoms with Crippen molar-refractivity contribution < 1.29 is 18.0 Å². The van der Waals surface area contributed by atoms with Gasteiger partial charge in [0.2, 0.25) is 0 Å². The molecule has 6 nitrogen and oxygen atoms in total. The Labute approximate surface area is 201 Å². The van der Waals surface area contributed by atoms with Crippen LogP contribution in [-0.4, -0.2) is 21.9 Å². The average molecular weight is 482 g/mol. The van der Waals surface area contributed by atoms with Crippen LogP contribution in [0.4, 0.5) is 30.5 Å². The summed E-state index contributed by atoms with van der Waals surface area (Å²) in [6.45, 7) is 0. The third-order valence-electron chi connectivity index (χ3n) is 5.93. The van der Waals surface area contributed by atoms with E-state index in [0.29, 0.717) is 17.2 Å². The molecule has 0 unspecified atom stereocenters. The molecule has 35 heavy (non-hydrogen) atoms. The Hall–Kier alpha value is -3.88. The number of carbonyl (C=O) groups excluding carboxylic acids is 1. The van der Waals surface area contributed by atoms with Crippen LogP contribution >= 0.6 is 0 Å². The average Bonchev–Trinajstić information content (AvgIpc) is 2.84. The van der Waals surface area contributed by atoms with Gasteiger partial charge in [-0.15, -0.1) is 0 Å². The topological polar surface area (TPSA) is 92.9 Å². The molecular formula is C26H26F3N5O. The number of halogens is 3. The molecule has 0 bridgehead atoms. The second-order valence-electron chi connectivity index (χ2n) is 8.54. The largest absolute Gasteiger partial charge is 0.417 e. The summed E-state index contributed by atoms with van der Waals surface area (Å²) in [6.07, 6.45) is 4.45. The predicted molar refractivity (Wildman–Crippen MR) is 129 cm³/mol.